The smallest absolute Gasteiger partial charge is 0.336 e. The maximum absolute atomic E-state index is 11.9. The first-order chi connectivity index (χ1) is 10.3. The van der Waals surface area contributed by atoms with E-state index in [0.717, 1.165) is 5.76 Å². The highest BCUT2D eigenvalue weighted by molar-refractivity contribution is 6.88. The normalized spacial score (nSPS) is 22.3. The van der Waals surface area contributed by atoms with Crippen LogP contribution in [0.15, 0.2) is 23.1 Å². The lowest BCUT2D eigenvalue weighted by molar-refractivity contribution is -0.132. The Labute approximate surface area is 137 Å². The van der Waals surface area contributed by atoms with Gasteiger partial charge in [0.05, 0.1) is 8.07 Å². The lowest BCUT2D eigenvalue weighted by atomic mass is 9.97. The fourth-order valence-corrected chi connectivity index (χ4v) is 10.5. The summed E-state index contributed by atoms with van der Waals surface area (Å²) in [6, 6.07) is 0. The average molecular weight is 321 g/mol. The highest BCUT2D eigenvalue weighted by Gasteiger charge is 2.43. The van der Waals surface area contributed by atoms with Gasteiger partial charge in [0.15, 0.2) is 0 Å². The number of hydrogen-bond donors (Lipinski definition) is 0. The molecule has 1 heterocycles. The van der Waals surface area contributed by atoms with Gasteiger partial charge >= 0.3 is 5.97 Å². The Bertz CT molecular complexity index is 458. The second kappa shape index (κ2) is 6.73. The molecule has 0 N–H and O–H groups in total. The Morgan fingerprint density at radius 2 is 1.55 bits per heavy atom. The predicted molar refractivity (Wildman–Crippen MR) is 95.3 cm³/mol. The summed E-state index contributed by atoms with van der Waals surface area (Å²) in [5.74, 6) is 1.29. The third-order valence-electron chi connectivity index (χ3n) is 5.94. The van der Waals surface area contributed by atoms with E-state index in [-0.39, 0.29) is 5.97 Å². The number of carbonyl (C=O) groups is 1. The van der Waals surface area contributed by atoms with Crippen molar-refractivity contribution in [1.82, 2.24) is 0 Å². The molecule has 0 aromatic rings. The zero-order valence-electron chi connectivity index (χ0n) is 15.1. The number of esters is 1. The summed E-state index contributed by atoms with van der Waals surface area (Å²) in [4.78, 5) is 11.9. The summed E-state index contributed by atoms with van der Waals surface area (Å²) in [6.07, 6.45) is 6.75. The molecule has 124 valence electrons. The molecule has 2 rings (SSSR count). The van der Waals surface area contributed by atoms with Crippen LogP contribution < -0.4 is 0 Å². The van der Waals surface area contributed by atoms with Gasteiger partial charge in [-0.25, -0.2) is 4.79 Å². The zero-order valence-corrected chi connectivity index (χ0v) is 16.1. The minimum atomic E-state index is -1.70. The molecule has 0 spiro atoms. The van der Waals surface area contributed by atoms with Gasteiger partial charge in [-0.15, -0.1) is 0 Å². The Hall–Kier alpha value is -0.833. The van der Waals surface area contributed by atoms with Crippen molar-refractivity contribution in [3.63, 3.8) is 0 Å². The van der Waals surface area contributed by atoms with E-state index < -0.39 is 8.07 Å². The van der Waals surface area contributed by atoms with E-state index >= 15 is 0 Å². The average Bonchev–Trinajstić information content (AvgIpc) is 3.03. The van der Waals surface area contributed by atoms with Crippen molar-refractivity contribution in [3.05, 3.63) is 23.1 Å². The summed E-state index contributed by atoms with van der Waals surface area (Å²) in [5, 5.41) is 0. The van der Waals surface area contributed by atoms with Crippen LogP contribution in [0.25, 0.3) is 0 Å². The molecule has 22 heavy (non-hydrogen) atoms. The van der Waals surface area contributed by atoms with Crippen molar-refractivity contribution < 1.29 is 9.53 Å². The van der Waals surface area contributed by atoms with Gasteiger partial charge in [-0.05, 0) is 35.4 Å². The Morgan fingerprint density at radius 1 is 1.05 bits per heavy atom. The van der Waals surface area contributed by atoms with E-state index in [0.29, 0.717) is 22.5 Å². The molecule has 0 amide bonds. The first kappa shape index (κ1) is 17.5. The molecule has 0 saturated heterocycles. The van der Waals surface area contributed by atoms with Crippen LogP contribution in [0.3, 0.4) is 0 Å². The van der Waals surface area contributed by atoms with Crippen LogP contribution in [0.2, 0.25) is 16.6 Å². The van der Waals surface area contributed by atoms with Gasteiger partial charge in [-0.3, -0.25) is 0 Å². The van der Waals surface area contributed by atoms with Gasteiger partial charge in [-0.1, -0.05) is 60.1 Å². The molecule has 0 aromatic heterocycles. The predicted octanol–water partition coefficient (Wildman–Crippen LogP) is 5.76. The standard InChI is InChI=1S/C19H32O2Si/c1-13(2)22(14(3)4,15(5)6)12-18-17(11-19(20)21-18)16-9-7-8-10-16/h11-16H,7-10H2,1-6H3/b18-12-. The van der Waals surface area contributed by atoms with Crippen LogP contribution >= 0.6 is 0 Å². The number of cyclic esters (lactones) is 1. The zero-order chi connectivity index (χ0) is 16.5. The molecule has 0 radical (unpaired) electrons. The SMILES string of the molecule is CC(C)[Si](/C=C1\OC(=O)C=C1C1CCCC1)(C(C)C)C(C)C. The van der Waals surface area contributed by atoms with E-state index in [9.17, 15) is 4.79 Å². The number of ether oxygens (including phenoxy) is 1. The summed E-state index contributed by atoms with van der Waals surface area (Å²) in [6.45, 7) is 14.1. The molecule has 0 unspecified atom stereocenters. The molecule has 0 atom stereocenters. The van der Waals surface area contributed by atoms with Crippen LogP contribution in [-0.2, 0) is 9.53 Å². The van der Waals surface area contributed by atoms with E-state index in [4.69, 9.17) is 4.74 Å². The third-order valence-corrected chi connectivity index (χ3v) is 12.7. The molecule has 1 fully saturated rings. The van der Waals surface area contributed by atoms with Crippen LogP contribution in [0.4, 0.5) is 0 Å². The minimum Gasteiger partial charge on any atom is -0.424 e. The van der Waals surface area contributed by atoms with Crippen molar-refractivity contribution >= 4 is 14.0 Å². The molecule has 0 aromatic carbocycles. The highest BCUT2D eigenvalue weighted by Crippen LogP contribution is 2.46. The van der Waals surface area contributed by atoms with Gasteiger partial charge < -0.3 is 4.74 Å². The summed E-state index contributed by atoms with van der Waals surface area (Å²) < 4.78 is 5.66. The maximum atomic E-state index is 11.9. The molecule has 1 saturated carbocycles. The fourth-order valence-electron chi connectivity index (χ4n) is 4.79. The Balaban J connectivity index is 2.43. The van der Waals surface area contributed by atoms with Gasteiger partial charge in [0.1, 0.15) is 5.76 Å². The number of rotatable bonds is 5. The molecule has 1 aliphatic heterocycles. The second-order valence-corrected chi connectivity index (χ2v) is 13.7. The molecular weight excluding hydrogens is 288 g/mol. The van der Waals surface area contributed by atoms with Crippen LogP contribution in [0.1, 0.15) is 67.2 Å². The first-order valence-corrected chi connectivity index (χ1v) is 11.3. The largest absolute Gasteiger partial charge is 0.424 e. The number of allylic oxidation sites excluding steroid dienone is 1. The van der Waals surface area contributed by atoms with E-state index in [1.54, 1.807) is 6.08 Å². The molecule has 3 heteroatoms. The van der Waals surface area contributed by atoms with Crippen LogP contribution in [0.5, 0.6) is 0 Å². The van der Waals surface area contributed by atoms with Crippen molar-refractivity contribution in [3.8, 4) is 0 Å². The Morgan fingerprint density at radius 3 is 2.00 bits per heavy atom. The molecule has 2 nitrogen and oxygen atoms in total. The van der Waals surface area contributed by atoms with Crippen molar-refractivity contribution in [2.75, 3.05) is 0 Å². The monoisotopic (exact) mass is 320 g/mol. The summed E-state index contributed by atoms with van der Waals surface area (Å²) in [5.41, 5.74) is 5.56. The van der Waals surface area contributed by atoms with E-state index in [1.165, 1.54) is 31.3 Å². The second-order valence-electron chi connectivity index (χ2n) is 7.97. The molecule has 0 bridgehead atoms. The third kappa shape index (κ3) is 3.10. The maximum Gasteiger partial charge on any atom is 0.336 e. The van der Waals surface area contributed by atoms with Crippen molar-refractivity contribution in [2.45, 2.75) is 83.8 Å². The first-order valence-electron chi connectivity index (χ1n) is 8.95. The topological polar surface area (TPSA) is 26.3 Å². The fraction of sp³-hybridized carbons (Fsp3) is 0.737. The Kier molecular flexibility index (Phi) is 5.36. The van der Waals surface area contributed by atoms with Crippen LogP contribution in [-0.4, -0.2) is 14.0 Å². The lowest BCUT2D eigenvalue weighted by Crippen LogP contribution is -2.43. The molecular formula is C19H32O2Si. The quantitative estimate of drug-likeness (QED) is 0.475. The summed E-state index contributed by atoms with van der Waals surface area (Å²) >= 11 is 0. The van der Waals surface area contributed by atoms with Crippen molar-refractivity contribution in [1.29, 1.82) is 0 Å². The van der Waals surface area contributed by atoms with Gasteiger partial charge in [0, 0.05) is 11.6 Å². The lowest BCUT2D eigenvalue weighted by Gasteiger charge is -2.41. The molecule has 1 aliphatic carbocycles. The van der Waals surface area contributed by atoms with Crippen LogP contribution in [0, 0.1) is 5.92 Å². The van der Waals surface area contributed by atoms with Gasteiger partial charge in [0.2, 0.25) is 0 Å². The van der Waals surface area contributed by atoms with E-state index in [1.807, 2.05) is 0 Å². The van der Waals surface area contributed by atoms with E-state index in [2.05, 4.69) is 47.2 Å². The van der Waals surface area contributed by atoms with Gasteiger partial charge in [0.25, 0.3) is 0 Å². The van der Waals surface area contributed by atoms with Gasteiger partial charge in [-0.2, -0.15) is 0 Å². The van der Waals surface area contributed by atoms with Crippen molar-refractivity contribution in [2.24, 2.45) is 5.92 Å². The number of carbonyl (C=O) groups excluding carboxylic acids is 1. The summed E-state index contributed by atoms with van der Waals surface area (Å²) in [7, 11) is -1.70. The minimum absolute atomic E-state index is 0.160. The highest BCUT2D eigenvalue weighted by atomic mass is 28.3. The number of hydrogen-bond acceptors (Lipinski definition) is 2. The molecule has 2 aliphatic rings.